The van der Waals surface area contributed by atoms with E-state index in [-0.39, 0.29) is 42.7 Å². The van der Waals surface area contributed by atoms with Crippen molar-refractivity contribution in [2.24, 2.45) is 0 Å². The van der Waals surface area contributed by atoms with Gasteiger partial charge in [-0.15, -0.1) is 0 Å². The Morgan fingerprint density at radius 1 is 0.554 bits per heavy atom. The number of hydrogen-bond acceptors (Lipinski definition) is 7. The molecule has 8 heteroatoms. The second-order valence-electron chi connectivity index (χ2n) is 15.9. The predicted octanol–water partition coefficient (Wildman–Crippen LogP) is 10.9. The Morgan fingerprint density at radius 3 is 1.55 bits per heavy atom. The van der Waals surface area contributed by atoms with Crippen LogP contribution in [0.5, 0.6) is 0 Å². The molecule has 8 nitrogen and oxygen atoms in total. The largest absolute Gasteiger partial charge is 0.544 e. The van der Waals surface area contributed by atoms with Crippen molar-refractivity contribution < 1.29 is 38.2 Å². The number of allylic oxidation sites excluding steroid dienone is 10. The molecule has 0 saturated carbocycles. The molecular formula is C48H83NO7. The van der Waals surface area contributed by atoms with Crippen LogP contribution in [0.2, 0.25) is 0 Å². The second-order valence-corrected chi connectivity index (χ2v) is 15.9. The highest BCUT2D eigenvalue weighted by Gasteiger charge is 2.25. The summed E-state index contributed by atoms with van der Waals surface area (Å²) < 4.78 is 17.1. The van der Waals surface area contributed by atoms with E-state index >= 15 is 0 Å². The lowest BCUT2D eigenvalue weighted by Crippen LogP contribution is -2.55. The van der Waals surface area contributed by atoms with E-state index in [1.54, 1.807) is 21.1 Å². The number of nitrogens with zero attached hydrogens (tertiary/aromatic N) is 1. The Bertz CT molecular complexity index is 1100. The quantitative estimate of drug-likeness (QED) is 0.0265. The van der Waals surface area contributed by atoms with E-state index in [9.17, 15) is 19.5 Å². The van der Waals surface area contributed by atoms with Gasteiger partial charge in [0.1, 0.15) is 12.6 Å². The molecule has 0 amide bonds. The molecule has 0 bridgehead atoms. The van der Waals surface area contributed by atoms with Crippen molar-refractivity contribution in [2.45, 2.75) is 187 Å². The van der Waals surface area contributed by atoms with E-state index in [1.165, 1.54) is 70.6 Å². The van der Waals surface area contributed by atoms with Crippen LogP contribution in [0.25, 0.3) is 0 Å². The minimum absolute atomic E-state index is 0.0289. The number of likely N-dealkylation sites (N-methyl/N-ethyl adjacent to an activating group) is 1. The van der Waals surface area contributed by atoms with Crippen molar-refractivity contribution in [1.29, 1.82) is 0 Å². The van der Waals surface area contributed by atoms with Crippen molar-refractivity contribution in [3.63, 3.8) is 0 Å². The third-order valence-electron chi connectivity index (χ3n) is 9.64. The monoisotopic (exact) mass is 786 g/mol. The van der Waals surface area contributed by atoms with Gasteiger partial charge in [-0.05, 0) is 70.6 Å². The average Bonchev–Trinajstić information content (AvgIpc) is 3.15. The van der Waals surface area contributed by atoms with Crippen molar-refractivity contribution in [3.05, 3.63) is 60.8 Å². The summed E-state index contributed by atoms with van der Waals surface area (Å²) in [5.41, 5.74) is 0. The minimum atomic E-state index is -1.13. The second kappa shape index (κ2) is 38.9. The molecule has 0 aliphatic heterocycles. The summed E-state index contributed by atoms with van der Waals surface area (Å²) in [5.74, 6) is -1.79. The van der Waals surface area contributed by atoms with Gasteiger partial charge in [-0.3, -0.25) is 9.59 Å². The molecule has 0 aromatic heterocycles. The lowest BCUT2D eigenvalue weighted by atomic mass is 10.0. The predicted molar refractivity (Wildman–Crippen MR) is 231 cm³/mol. The van der Waals surface area contributed by atoms with Crippen LogP contribution in [-0.2, 0) is 28.6 Å². The first-order valence-corrected chi connectivity index (χ1v) is 22.3. The first-order valence-electron chi connectivity index (χ1n) is 22.3. The molecule has 0 radical (unpaired) electrons. The summed E-state index contributed by atoms with van der Waals surface area (Å²) in [6, 6.07) is -0.730. The van der Waals surface area contributed by atoms with Gasteiger partial charge in [0.2, 0.25) is 0 Å². The summed E-state index contributed by atoms with van der Waals surface area (Å²) in [7, 11) is 5.39. The molecule has 0 fully saturated rings. The number of carbonyl (C=O) groups is 3. The van der Waals surface area contributed by atoms with Crippen LogP contribution in [-0.4, -0.2) is 75.5 Å². The molecule has 56 heavy (non-hydrogen) atoms. The van der Waals surface area contributed by atoms with Crippen molar-refractivity contribution in [2.75, 3.05) is 41.0 Å². The van der Waals surface area contributed by atoms with E-state index in [0.717, 1.165) is 64.2 Å². The van der Waals surface area contributed by atoms with Crippen LogP contribution in [0.15, 0.2) is 60.8 Å². The molecule has 2 unspecified atom stereocenters. The van der Waals surface area contributed by atoms with Gasteiger partial charge in [0.25, 0.3) is 0 Å². The summed E-state index contributed by atoms with van der Waals surface area (Å²) >= 11 is 0. The summed E-state index contributed by atoms with van der Waals surface area (Å²) in [6.45, 7) is 4.47. The average molecular weight is 786 g/mol. The van der Waals surface area contributed by atoms with E-state index in [1.807, 2.05) is 0 Å². The Morgan fingerprint density at radius 2 is 1.02 bits per heavy atom. The molecule has 0 aromatic rings. The van der Waals surface area contributed by atoms with Crippen LogP contribution in [0.4, 0.5) is 0 Å². The maximum atomic E-state index is 12.7. The van der Waals surface area contributed by atoms with E-state index in [4.69, 9.17) is 14.2 Å². The highest BCUT2D eigenvalue weighted by atomic mass is 16.6. The first kappa shape index (κ1) is 53.0. The van der Waals surface area contributed by atoms with Crippen LogP contribution in [0.3, 0.4) is 0 Å². The summed E-state index contributed by atoms with van der Waals surface area (Å²) in [4.78, 5) is 36.7. The van der Waals surface area contributed by atoms with Crippen LogP contribution < -0.4 is 5.11 Å². The van der Waals surface area contributed by atoms with Gasteiger partial charge in [0, 0.05) is 19.3 Å². The minimum Gasteiger partial charge on any atom is -0.544 e. The normalized spacial score (nSPS) is 13.5. The molecule has 0 rings (SSSR count). The number of unbranched alkanes of at least 4 members (excludes halogenated alkanes) is 15. The van der Waals surface area contributed by atoms with Gasteiger partial charge >= 0.3 is 11.9 Å². The molecule has 0 aliphatic carbocycles. The molecule has 0 N–H and O–H groups in total. The SMILES string of the molecule is CC/C=C/C/C=C/C/C=C/C/C=C/CCCCCCCCCCCCC(=O)OC(COCCC(C(=O)[O-])[N+](C)(C)C)COC(=O)CCC/C=C/CCCCCC. The molecule has 0 aromatic carbocycles. The number of esters is 2. The Kier molecular flexibility index (Phi) is 36.8. The Balaban J connectivity index is 4.24. The van der Waals surface area contributed by atoms with Gasteiger partial charge < -0.3 is 28.6 Å². The first-order chi connectivity index (χ1) is 27.1. The van der Waals surface area contributed by atoms with Gasteiger partial charge in [0.05, 0.1) is 40.3 Å². The molecule has 0 aliphatic rings. The van der Waals surface area contributed by atoms with E-state index in [2.05, 4.69) is 74.6 Å². The highest BCUT2D eigenvalue weighted by molar-refractivity contribution is 5.70. The van der Waals surface area contributed by atoms with Gasteiger partial charge in [-0.1, -0.05) is 145 Å². The molecule has 0 spiro atoms. The number of quaternary nitrogens is 1. The molecule has 322 valence electrons. The number of aliphatic carboxylic acids is 1. The third kappa shape index (κ3) is 36.7. The molecule has 0 heterocycles. The smallest absolute Gasteiger partial charge is 0.306 e. The fraction of sp³-hybridized carbons (Fsp3) is 0.729. The highest BCUT2D eigenvalue weighted by Crippen LogP contribution is 2.14. The summed E-state index contributed by atoms with van der Waals surface area (Å²) in [6.07, 6.45) is 46.9. The number of carboxylic acids is 1. The van der Waals surface area contributed by atoms with E-state index < -0.39 is 18.1 Å². The summed E-state index contributed by atoms with van der Waals surface area (Å²) in [5, 5.41) is 11.6. The lowest BCUT2D eigenvalue weighted by Gasteiger charge is -2.34. The van der Waals surface area contributed by atoms with Crippen LogP contribution in [0, 0.1) is 0 Å². The van der Waals surface area contributed by atoms with Crippen molar-refractivity contribution >= 4 is 17.9 Å². The molecule has 0 saturated heterocycles. The number of carboxylic acid groups (broad SMARTS) is 1. The topological polar surface area (TPSA) is 102 Å². The van der Waals surface area contributed by atoms with Crippen LogP contribution in [0.1, 0.15) is 174 Å². The fourth-order valence-electron chi connectivity index (χ4n) is 6.18. The van der Waals surface area contributed by atoms with Gasteiger partial charge in [0.15, 0.2) is 6.10 Å². The lowest BCUT2D eigenvalue weighted by molar-refractivity contribution is -0.889. The van der Waals surface area contributed by atoms with Crippen LogP contribution >= 0.6 is 0 Å². The van der Waals surface area contributed by atoms with Gasteiger partial charge in [-0.25, -0.2) is 0 Å². The number of carbonyl (C=O) groups excluding carboxylic acids is 3. The zero-order valence-electron chi connectivity index (χ0n) is 36.5. The Hall–Kier alpha value is -2.97. The Labute approximate surface area is 343 Å². The third-order valence-corrected chi connectivity index (χ3v) is 9.64. The number of rotatable bonds is 39. The fourth-order valence-corrected chi connectivity index (χ4v) is 6.18. The molecular weight excluding hydrogens is 703 g/mol. The number of ether oxygens (including phenoxy) is 3. The van der Waals surface area contributed by atoms with Crippen molar-refractivity contribution in [3.8, 4) is 0 Å². The standard InChI is InChI=1S/C48H83NO7/c1-6-8-10-12-14-16-17-18-19-20-21-22-23-24-25-26-27-28-29-31-33-35-37-39-47(51)56-44(42-54-41-40-45(48(52)53)49(3,4)5)43-55-46(50)38-36-34-32-30-15-13-11-9-7-2/h8,10,14,16,18-19,21-22,30,32,44-45H,6-7,9,11-13,15,17,20,23-29,31,33-43H2,1-5H3/b10-8+,16-14+,19-18+,22-21+,32-30+. The van der Waals surface area contributed by atoms with Gasteiger partial charge in [-0.2, -0.15) is 0 Å². The number of hydrogen-bond donors (Lipinski definition) is 0. The maximum absolute atomic E-state index is 12.7. The zero-order valence-corrected chi connectivity index (χ0v) is 36.5. The maximum Gasteiger partial charge on any atom is 0.306 e. The van der Waals surface area contributed by atoms with Crippen molar-refractivity contribution in [1.82, 2.24) is 0 Å². The zero-order chi connectivity index (χ0) is 41.4. The molecule has 2 atom stereocenters. The van der Waals surface area contributed by atoms with E-state index in [0.29, 0.717) is 19.3 Å².